The van der Waals surface area contributed by atoms with Crippen LogP contribution in [0.1, 0.15) is 130 Å². The summed E-state index contributed by atoms with van der Waals surface area (Å²) in [5.41, 5.74) is -0.564. The Kier molecular flexibility index (Phi) is 19.4. The molecule has 0 N–H and O–H groups in total. The molecule has 1 atom stereocenters. The van der Waals surface area contributed by atoms with E-state index in [1.54, 1.807) is 21.3 Å². The van der Waals surface area contributed by atoms with Crippen LogP contribution >= 0.6 is 0 Å². The van der Waals surface area contributed by atoms with Gasteiger partial charge in [0.1, 0.15) is 5.60 Å². The van der Waals surface area contributed by atoms with Gasteiger partial charge >= 0.3 is 5.97 Å². The van der Waals surface area contributed by atoms with E-state index in [0.717, 1.165) is 38.7 Å². The SMILES string of the molecule is CCCCCCCCCCOC(CCC)(CCCCCCCC)C(OC)(OC)OC. The average molecular weight is 431 g/mol. The first-order valence-corrected chi connectivity index (χ1v) is 12.9. The summed E-state index contributed by atoms with van der Waals surface area (Å²) < 4.78 is 24.0. The number of rotatable bonds is 23. The van der Waals surface area contributed by atoms with Gasteiger partial charge in [0.25, 0.3) is 0 Å². The second-order valence-electron chi connectivity index (χ2n) is 8.75. The standard InChI is InChI=1S/C26H54O4/c1-7-10-12-14-16-17-19-21-24-30-25(22-9-3,26(27-4,28-5)29-6)23-20-18-15-13-11-8-2/h7-24H2,1-6H3. The second kappa shape index (κ2) is 19.5. The van der Waals surface area contributed by atoms with Crippen molar-refractivity contribution in [1.82, 2.24) is 0 Å². The van der Waals surface area contributed by atoms with Crippen LogP contribution in [0.2, 0.25) is 0 Å². The molecule has 0 rings (SSSR count). The van der Waals surface area contributed by atoms with Gasteiger partial charge in [0.15, 0.2) is 0 Å². The lowest BCUT2D eigenvalue weighted by Gasteiger charge is -2.46. The normalized spacial score (nSPS) is 14.2. The molecule has 0 heterocycles. The highest BCUT2D eigenvalue weighted by atomic mass is 16.9. The maximum Gasteiger partial charge on any atom is 0.313 e. The summed E-state index contributed by atoms with van der Waals surface area (Å²) in [6.45, 7) is 7.46. The summed E-state index contributed by atoms with van der Waals surface area (Å²) in [6, 6.07) is 0. The van der Waals surface area contributed by atoms with Gasteiger partial charge < -0.3 is 18.9 Å². The van der Waals surface area contributed by atoms with Gasteiger partial charge in [-0.3, -0.25) is 0 Å². The van der Waals surface area contributed by atoms with Crippen LogP contribution in [0, 0.1) is 0 Å². The molecule has 0 bridgehead atoms. The van der Waals surface area contributed by atoms with Gasteiger partial charge in [-0.1, -0.05) is 111 Å². The molecule has 0 aromatic heterocycles. The minimum absolute atomic E-state index is 0.564. The molecule has 30 heavy (non-hydrogen) atoms. The minimum atomic E-state index is -1.15. The molecule has 4 heteroatoms. The fourth-order valence-electron chi connectivity index (χ4n) is 4.57. The zero-order valence-electron chi connectivity index (χ0n) is 21.4. The highest BCUT2D eigenvalue weighted by Gasteiger charge is 2.54. The van der Waals surface area contributed by atoms with E-state index < -0.39 is 11.6 Å². The van der Waals surface area contributed by atoms with Crippen molar-refractivity contribution in [3.05, 3.63) is 0 Å². The van der Waals surface area contributed by atoms with Crippen LogP contribution in [0.4, 0.5) is 0 Å². The molecular formula is C26H54O4. The summed E-state index contributed by atoms with van der Waals surface area (Å²) in [4.78, 5) is 0. The van der Waals surface area contributed by atoms with Crippen molar-refractivity contribution in [2.75, 3.05) is 27.9 Å². The Bertz CT molecular complexity index is 349. The van der Waals surface area contributed by atoms with E-state index in [9.17, 15) is 0 Å². The van der Waals surface area contributed by atoms with Gasteiger partial charge in [0.2, 0.25) is 0 Å². The van der Waals surface area contributed by atoms with Gasteiger partial charge in [-0.05, 0) is 19.3 Å². The van der Waals surface area contributed by atoms with Crippen molar-refractivity contribution in [2.24, 2.45) is 0 Å². The van der Waals surface area contributed by atoms with Gasteiger partial charge in [-0.15, -0.1) is 0 Å². The van der Waals surface area contributed by atoms with Crippen LogP contribution in [0.15, 0.2) is 0 Å². The molecule has 0 radical (unpaired) electrons. The molecule has 0 fully saturated rings. The largest absolute Gasteiger partial charge is 0.367 e. The molecule has 1 unspecified atom stereocenters. The fourth-order valence-corrected chi connectivity index (χ4v) is 4.57. The fraction of sp³-hybridized carbons (Fsp3) is 1.00. The van der Waals surface area contributed by atoms with E-state index in [2.05, 4.69) is 20.8 Å². The zero-order chi connectivity index (χ0) is 22.6. The van der Waals surface area contributed by atoms with Crippen LogP contribution < -0.4 is 0 Å². The Balaban J connectivity index is 4.78. The van der Waals surface area contributed by atoms with Gasteiger partial charge in [0, 0.05) is 27.9 Å². The van der Waals surface area contributed by atoms with E-state index in [0.29, 0.717) is 0 Å². The number of hydrogen-bond donors (Lipinski definition) is 0. The molecule has 182 valence electrons. The Hall–Kier alpha value is -0.160. The summed E-state index contributed by atoms with van der Waals surface area (Å²) in [7, 11) is 5.00. The van der Waals surface area contributed by atoms with Crippen molar-refractivity contribution in [2.45, 2.75) is 141 Å². The summed E-state index contributed by atoms with van der Waals surface area (Å²) in [6.07, 6.45) is 20.7. The van der Waals surface area contributed by atoms with Crippen molar-refractivity contribution < 1.29 is 18.9 Å². The molecular weight excluding hydrogens is 376 g/mol. The lowest BCUT2D eigenvalue weighted by Crippen LogP contribution is -2.60. The van der Waals surface area contributed by atoms with Gasteiger partial charge in [-0.2, -0.15) is 0 Å². The van der Waals surface area contributed by atoms with Crippen molar-refractivity contribution in [3.8, 4) is 0 Å². The number of unbranched alkanes of at least 4 members (excludes halogenated alkanes) is 12. The quantitative estimate of drug-likeness (QED) is 0.121. The molecule has 0 aromatic rings. The highest BCUT2D eigenvalue weighted by molar-refractivity contribution is 4.91. The van der Waals surface area contributed by atoms with Gasteiger partial charge in [-0.25, -0.2) is 0 Å². The maximum atomic E-state index is 6.61. The maximum absolute atomic E-state index is 6.61. The summed E-state index contributed by atoms with van der Waals surface area (Å²) in [5.74, 6) is -1.15. The van der Waals surface area contributed by atoms with Crippen LogP contribution in [0.25, 0.3) is 0 Å². The summed E-state index contributed by atoms with van der Waals surface area (Å²) >= 11 is 0. The zero-order valence-corrected chi connectivity index (χ0v) is 21.4. The minimum Gasteiger partial charge on any atom is -0.367 e. The molecule has 0 aliphatic heterocycles. The third-order valence-corrected chi connectivity index (χ3v) is 6.33. The molecule has 0 aromatic carbocycles. The third-order valence-electron chi connectivity index (χ3n) is 6.33. The van der Waals surface area contributed by atoms with E-state index in [-0.39, 0.29) is 0 Å². The van der Waals surface area contributed by atoms with E-state index in [1.807, 2.05) is 0 Å². The van der Waals surface area contributed by atoms with Crippen molar-refractivity contribution in [3.63, 3.8) is 0 Å². The predicted octanol–water partition coefficient (Wildman–Crippen LogP) is 8.03. The Morgan fingerprint density at radius 3 is 1.33 bits per heavy atom. The molecule has 0 aliphatic carbocycles. The van der Waals surface area contributed by atoms with Gasteiger partial charge in [0.05, 0.1) is 0 Å². The Morgan fingerprint density at radius 2 is 0.900 bits per heavy atom. The first-order valence-electron chi connectivity index (χ1n) is 12.9. The first kappa shape index (κ1) is 29.8. The number of methoxy groups -OCH3 is 3. The highest BCUT2D eigenvalue weighted by Crippen LogP contribution is 2.40. The molecule has 4 nitrogen and oxygen atoms in total. The lowest BCUT2D eigenvalue weighted by atomic mass is 9.87. The predicted molar refractivity (Wildman–Crippen MR) is 128 cm³/mol. The van der Waals surface area contributed by atoms with Crippen LogP contribution in [-0.4, -0.2) is 39.5 Å². The van der Waals surface area contributed by atoms with E-state index in [4.69, 9.17) is 18.9 Å². The van der Waals surface area contributed by atoms with Crippen molar-refractivity contribution >= 4 is 0 Å². The molecule has 0 spiro atoms. The Labute approximate surface area is 188 Å². The van der Waals surface area contributed by atoms with Crippen LogP contribution in [0.3, 0.4) is 0 Å². The third kappa shape index (κ3) is 10.9. The van der Waals surface area contributed by atoms with E-state index in [1.165, 1.54) is 77.0 Å². The van der Waals surface area contributed by atoms with Crippen LogP contribution in [-0.2, 0) is 18.9 Å². The molecule has 0 saturated heterocycles. The lowest BCUT2D eigenvalue weighted by molar-refractivity contribution is -0.429. The average Bonchev–Trinajstić information content (AvgIpc) is 2.76. The first-order chi connectivity index (χ1) is 14.6. The van der Waals surface area contributed by atoms with E-state index >= 15 is 0 Å². The Morgan fingerprint density at radius 1 is 0.467 bits per heavy atom. The van der Waals surface area contributed by atoms with Crippen LogP contribution in [0.5, 0.6) is 0 Å². The number of hydrogen-bond acceptors (Lipinski definition) is 4. The molecule has 0 saturated carbocycles. The molecule has 0 aliphatic rings. The topological polar surface area (TPSA) is 36.9 Å². The smallest absolute Gasteiger partial charge is 0.313 e. The monoisotopic (exact) mass is 430 g/mol. The molecule has 0 amide bonds. The number of ether oxygens (including phenoxy) is 4. The summed E-state index contributed by atoms with van der Waals surface area (Å²) in [5, 5.41) is 0. The van der Waals surface area contributed by atoms with Crippen molar-refractivity contribution in [1.29, 1.82) is 0 Å². The second-order valence-corrected chi connectivity index (χ2v) is 8.75.